The third-order valence-corrected chi connectivity index (χ3v) is 5.10. The SMILES string of the molecule is CCOC(=O)C1=C(C)NC2=C(C(=O)CC(C)(C)C2)C1c1cn(C)nc1C. The van der Waals surface area contributed by atoms with Crippen LogP contribution in [0.1, 0.15) is 57.7 Å². The zero-order valence-corrected chi connectivity index (χ0v) is 16.4. The molecule has 0 aromatic carbocycles. The van der Waals surface area contributed by atoms with E-state index in [4.69, 9.17) is 4.74 Å². The third-order valence-electron chi connectivity index (χ3n) is 5.10. The maximum atomic E-state index is 13.1. The second-order valence-corrected chi connectivity index (χ2v) is 7.99. The summed E-state index contributed by atoms with van der Waals surface area (Å²) in [5.74, 6) is -0.719. The van der Waals surface area contributed by atoms with Crippen molar-refractivity contribution in [2.24, 2.45) is 12.5 Å². The molecular formula is C20H27N3O3. The minimum Gasteiger partial charge on any atom is -0.463 e. The summed E-state index contributed by atoms with van der Waals surface area (Å²) in [5, 5.41) is 7.76. The highest BCUT2D eigenvalue weighted by atomic mass is 16.5. The number of rotatable bonds is 3. The molecule has 1 aromatic rings. The Bertz CT molecular complexity index is 842. The summed E-state index contributed by atoms with van der Waals surface area (Å²) in [6.07, 6.45) is 3.14. The Labute approximate surface area is 154 Å². The maximum absolute atomic E-state index is 13.1. The number of aryl methyl sites for hydroxylation is 2. The van der Waals surface area contributed by atoms with E-state index in [0.717, 1.165) is 29.1 Å². The average molecular weight is 357 g/mol. The second kappa shape index (κ2) is 6.41. The Balaban J connectivity index is 2.20. The van der Waals surface area contributed by atoms with Crippen molar-refractivity contribution < 1.29 is 14.3 Å². The van der Waals surface area contributed by atoms with Crippen LogP contribution in [0.25, 0.3) is 0 Å². The summed E-state index contributed by atoms with van der Waals surface area (Å²) in [6, 6.07) is 0. The lowest BCUT2D eigenvalue weighted by molar-refractivity contribution is -0.138. The molecule has 0 amide bonds. The molecule has 1 atom stereocenters. The molecule has 2 aliphatic rings. The second-order valence-electron chi connectivity index (χ2n) is 7.99. The monoisotopic (exact) mass is 357 g/mol. The number of nitrogens with zero attached hydrogens (tertiary/aromatic N) is 2. The number of esters is 1. The van der Waals surface area contributed by atoms with Crippen molar-refractivity contribution in [3.05, 3.63) is 40.0 Å². The molecule has 0 bridgehead atoms. The van der Waals surface area contributed by atoms with Gasteiger partial charge in [0.05, 0.1) is 23.8 Å². The summed E-state index contributed by atoms with van der Waals surface area (Å²) in [7, 11) is 1.85. The van der Waals surface area contributed by atoms with Gasteiger partial charge in [0.2, 0.25) is 0 Å². The van der Waals surface area contributed by atoms with Crippen LogP contribution in [-0.4, -0.2) is 28.1 Å². The fraction of sp³-hybridized carbons (Fsp3) is 0.550. The molecule has 26 heavy (non-hydrogen) atoms. The van der Waals surface area contributed by atoms with Crippen LogP contribution in [0.5, 0.6) is 0 Å². The number of ether oxygens (including phenoxy) is 1. The first kappa shape index (κ1) is 18.4. The molecule has 1 aliphatic heterocycles. The fourth-order valence-corrected chi connectivity index (χ4v) is 4.13. The lowest BCUT2D eigenvalue weighted by Crippen LogP contribution is -2.38. The van der Waals surface area contributed by atoms with Crippen LogP contribution >= 0.6 is 0 Å². The number of hydrogen-bond acceptors (Lipinski definition) is 5. The van der Waals surface area contributed by atoms with Gasteiger partial charge in [0.1, 0.15) is 0 Å². The number of allylic oxidation sites excluding steroid dienone is 3. The quantitative estimate of drug-likeness (QED) is 0.842. The molecule has 1 aromatic heterocycles. The average Bonchev–Trinajstić information content (AvgIpc) is 2.82. The molecule has 0 spiro atoms. The molecule has 1 N–H and O–H groups in total. The van der Waals surface area contributed by atoms with Gasteiger partial charge in [0.25, 0.3) is 0 Å². The van der Waals surface area contributed by atoms with Crippen LogP contribution in [0, 0.1) is 12.3 Å². The van der Waals surface area contributed by atoms with Crippen molar-refractivity contribution in [3.63, 3.8) is 0 Å². The summed E-state index contributed by atoms with van der Waals surface area (Å²) >= 11 is 0. The van der Waals surface area contributed by atoms with Gasteiger partial charge < -0.3 is 10.1 Å². The van der Waals surface area contributed by atoms with Gasteiger partial charge in [-0.05, 0) is 32.6 Å². The predicted molar refractivity (Wildman–Crippen MR) is 98.2 cm³/mol. The van der Waals surface area contributed by atoms with Gasteiger partial charge in [-0.3, -0.25) is 9.48 Å². The van der Waals surface area contributed by atoms with E-state index >= 15 is 0 Å². The van der Waals surface area contributed by atoms with E-state index < -0.39 is 5.92 Å². The van der Waals surface area contributed by atoms with E-state index in [2.05, 4.69) is 24.3 Å². The number of Topliss-reactive ketones (excluding diaryl/α,β-unsaturated/α-hetero) is 1. The highest BCUT2D eigenvalue weighted by Crippen LogP contribution is 2.47. The van der Waals surface area contributed by atoms with Crippen LogP contribution in [-0.2, 0) is 21.4 Å². The highest BCUT2D eigenvalue weighted by Gasteiger charge is 2.43. The van der Waals surface area contributed by atoms with Crippen molar-refractivity contribution in [2.45, 2.75) is 53.4 Å². The lowest BCUT2D eigenvalue weighted by Gasteiger charge is -2.39. The third kappa shape index (κ3) is 3.08. The summed E-state index contributed by atoms with van der Waals surface area (Å²) in [4.78, 5) is 25.8. The number of dihydropyridines is 1. The van der Waals surface area contributed by atoms with Gasteiger partial charge in [0, 0.05) is 42.2 Å². The summed E-state index contributed by atoms with van der Waals surface area (Å²) in [5.41, 5.74) is 4.48. The molecular weight excluding hydrogens is 330 g/mol. The van der Waals surface area contributed by atoms with Crippen molar-refractivity contribution in [1.29, 1.82) is 0 Å². The minimum atomic E-state index is -0.428. The number of carbonyl (C=O) groups is 2. The van der Waals surface area contributed by atoms with E-state index in [1.807, 2.05) is 27.1 Å². The molecule has 6 nitrogen and oxygen atoms in total. The topological polar surface area (TPSA) is 73.2 Å². The number of aromatic nitrogens is 2. The maximum Gasteiger partial charge on any atom is 0.336 e. The standard InChI is InChI=1S/C20H27N3O3/c1-7-26-19(25)16-12(3)21-14-8-20(4,5)9-15(24)18(14)17(16)13-10-23(6)22-11(13)2/h10,17,21H,7-9H2,1-6H3. The van der Waals surface area contributed by atoms with E-state index in [0.29, 0.717) is 24.2 Å². The molecule has 3 rings (SSSR count). The summed E-state index contributed by atoms with van der Waals surface area (Å²) < 4.78 is 7.03. The van der Waals surface area contributed by atoms with Crippen LogP contribution in [0.4, 0.5) is 0 Å². The first-order valence-corrected chi connectivity index (χ1v) is 9.06. The minimum absolute atomic E-state index is 0.0892. The first-order chi connectivity index (χ1) is 12.1. The van der Waals surface area contributed by atoms with Gasteiger partial charge >= 0.3 is 5.97 Å². The Morgan fingerprint density at radius 2 is 2.08 bits per heavy atom. The summed E-state index contributed by atoms with van der Waals surface area (Å²) in [6.45, 7) is 10.1. The predicted octanol–water partition coefficient (Wildman–Crippen LogP) is 2.90. The molecule has 0 saturated carbocycles. The molecule has 6 heteroatoms. The van der Waals surface area contributed by atoms with E-state index in [9.17, 15) is 9.59 Å². The van der Waals surface area contributed by atoms with Crippen molar-refractivity contribution in [3.8, 4) is 0 Å². The Morgan fingerprint density at radius 1 is 1.38 bits per heavy atom. The normalized spacial score (nSPS) is 22.2. The smallest absolute Gasteiger partial charge is 0.336 e. The molecule has 1 aliphatic carbocycles. The molecule has 2 heterocycles. The zero-order chi connectivity index (χ0) is 19.2. The van der Waals surface area contributed by atoms with E-state index in [-0.39, 0.29) is 17.2 Å². The van der Waals surface area contributed by atoms with Gasteiger partial charge in [-0.1, -0.05) is 13.8 Å². The molecule has 140 valence electrons. The molecule has 0 fully saturated rings. The Hall–Kier alpha value is -2.37. The van der Waals surface area contributed by atoms with Crippen LogP contribution in [0.15, 0.2) is 28.7 Å². The van der Waals surface area contributed by atoms with Crippen LogP contribution < -0.4 is 5.32 Å². The van der Waals surface area contributed by atoms with Gasteiger partial charge in [-0.2, -0.15) is 5.10 Å². The van der Waals surface area contributed by atoms with Crippen LogP contribution in [0.3, 0.4) is 0 Å². The fourth-order valence-electron chi connectivity index (χ4n) is 4.13. The van der Waals surface area contributed by atoms with E-state index in [1.54, 1.807) is 11.6 Å². The lowest BCUT2D eigenvalue weighted by atomic mass is 9.68. The number of hydrogen-bond donors (Lipinski definition) is 1. The van der Waals surface area contributed by atoms with Gasteiger partial charge in [-0.25, -0.2) is 4.79 Å². The van der Waals surface area contributed by atoms with Gasteiger partial charge in [0.15, 0.2) is 5.78 Å². The molecule has 1 unspecified atom stereocenters. The van der Waals surface area contributed by atoms with Crippen molar-refractivity contribution >= 4 is 11.8 Å². The van der Waals surface area contributed by atoms with E-state index in [1.165, 1.54) is 0 Å². The molecule has 0 radical (unpaired) electrons. The number of ketones is 1. The van der Waals surface area contributed by atoms with Crippen LogP contribution in [0.2, 0.25) is 0 Å². The zero-order valence-electron chi connectivity index (χ0n) is 16.4. The highest BCUT2D eigenvalue weighted by molar-refractivity contribution is 6.04. The first-order valence-electron chi connectivity index (χ1n) is 9.06. The number of nitrogens with one attached hydrogen (secondary N) is 1. The number of carbonyl (C=O) groups excluding carboxylic acids is 2. The largest absolute Gasteiger partial charge is 0.463 e. The Morgan fingerprint density at radius 3 is 2.65 bits per heavy atom. The van der Waals surface area contributed by atoms with Crippen molar-refractivity contribution in [1.82, 2.24) is 15.1 Å². The van der Waals surface area contributed by atoms with Crippen molar-refractivity contribution in [2.75, 3.05) is 6.61 Å². The Kier molecular flexibility index (Phi) is 4.54. The van der Waals surface area contributed by atoms with Gasteiger partial charge in [-0.15, -0.1) is 0 Å². The molecule has 0 saturated heterocycles.